The van der Waals surface area contributed by atoms with E-state index in [0.717, 1.165) is 0 Å². The van der Waals surface area contributed by atoms with Gasteiger partial charge >= 0.3 is 0 Å². The Bertz CT molecular complexity index is 1450. The summed E-state index contributed by atoms with van der Waals surface area (Å²) in [5.41, 5.74) is 7.08. The zero-order valence-electron chi connectivity index (χ0n) is 19.8. The molecule has 3 N–H and O–H groups in total. The van der Waals surface area contributed by atoms with Crippen molar-refractivity contribution in [2.24, 2.45) is 0 Å². The number of halogens is 1. The highest BCUT2D eigenvalue weighted by atomic mass is 35.5. The summed E-state index contributed by atoms with van der Waals surface area (Å²) < 4.78 is 21.6. The maximum atomic E-state index is 13.7. The fourth-order valence-electron chi connectivity index (χ4n) is 4.47. The molecule has 0 saturated carbocycles. The van der Waals surface area contributed by atoms with Crippen molar-refractivity contribution in [3.63, 3.8) is 0 Å². The largest absolute Gasteiger partial charge is 0.382 e. The number of hydrogen-bond acceptors (Lipinski definition) is 7. The van der Waals surface area contributed by atoms with Crippen LogP contribution in [0.3, 0.4) is 0 Å². The third-order valence-corrected chi connectivity index (χ3v) is 7.15. The van der Waals surface area contributed by atoms with E-state index < -0.39 is 22.7 Å². The number of piperazine rings is 1. The quantitative estimate of drug-likeness (QED) is 0.477. The van der Waals surface area contributed by atoms with Gasteiger partial charge in [-0.2, -0.15) is 10.4 Å². The van der Waals surface area contributed by atoms with Gasteiger partial charge in [0.25, 0.3) is 5.91 Å². The van der Waals surface area contributed by atoms with Gasteiger partial charge in [-0.1, -0.05) is 17.7 Å². The van der Waals surface area contributed by atoms with Gasteiger partial charge < -0.3 is 20.1 Å². The van der Waals surface area contributed by atoms with E-state index in [4.69, 9.17) is 21.9 Å². The standard InChI is InChI=1S/C23H24ClN7O4S/c1-13-11-29(19(32)6-7-36(34)35)23(2,3)22(33)30(13)17-8-14(4-5-15(17)10-25)18-9-16(24)20-21(26)27-12-28-31(18)20/h4-5,8-9,12-13H,6-7,11H2,1-3H3,(H,34,35)(H2,26,27,28)/t13-/m0/s1. The molecule has 2 aromatic heterocycles. The first-order valence-corrected chi connectivity index (χ1v) is 12.7. The maximum Gasteiger partial charge on any atom is 0.252 e. The molecule has 188 valence electrons. The van der Waals surface area contributed by atoms with Crippen LogP contribution in [-0.4, -0.2) is 64.0 Å². The van der Waals surface area contributed by atoms with Crippen LogP contribution in [-0.2, 0) is 20.7 Å². The van der Waals surface area contributed by atoms with Crippen LogP contribution in [0.4, 0.5) is 11.5 Å². The molecule has 3 heterocycles. The van der Waals surface area contributed by atoms with Crippen molar-refractivity contribution in [2.75, 3.05) is 22.9 Å². The number of carbonyl (C=O) groups excluding carboxylic acids is 2. The molecule has 2 amide bonds. The molecule has 1 aliphatic heterocycles. The van der Waals surface area contributed by atoms with Gasteiger partial charge in [0.2, 0.25) is 5.91 Å². The van der Waals surface area contributed by atoms with Crippen molar-refractivity contribution in [1.29, 1.82) is 5.26 Å². The molecule has 0 bridgehead atoms. The lowest BCUT2D eigenvalue weighted by molar-refractivity contribution is -0.148. The van der Waals surface area contributed by atoms with E-state index in [1.54, 1.807) is 49.6 Å². The Labute approximate surface area is 214 Å². The van der Waals surface area contributed by atoms with Gasteiger partial charge in [0.05, 0.1) is 33.8 Å². The first-order valence-electron chi connectivity index (χ1n) is 11.0. The highest BCUT2D eigenvalue weighted by Crippen LogP contribution is 2.37. The molecule has 1 saturated heterocycles. The van der Waals surface area contributed by atoms with Gasteiger partial charge in [0.15, 0.2) is 16.9 Å². The first kappa shape index (κ1) is 25.6. The molecule has 0 radical (unpaired) electrons. The van der Waals surface area contributed by atoms with E-state index in [2.05, 4.69) is 16.2 Å². The molecule has 1 aromatic carbocycles. The Morgan fingerprint density at radius 3 is 2.78 bits per heavy atom. The van der Waals surface area contributed by atoms with Gasteiger partial charge in [0, 0.05) is 18.5 Å². The number of fused-ring (bicyclic) bond motifs is 1. The summed E-state index contributed by atoms with van der Waals surface area (Å²) in [6.45, 7) is 5.22. The molecule has 2 atom stereocenters. The van der Waals surface area contributed by atoms with Crippen LogP contribution in [0.1, 0.15) is 32.8 Å². The number of nitrogens with two attached hydrogens (primary N) is 1. The van der Waals surface area contributed by atoms with Gasteiger partial charge in [-0.3, -0.25) is 9.59 Å². The highest BCUT2D eigenvalue weighted by molar-refractivity contribution is 7.79. The van der Waals surface area contributed by atoms with E-state index >= 15 is 0 Å². The lowest BCUT2D eigenvalue weighted by Crippen LogP contribution is -2.68. The average molecular weight is 530 g/mol. The number of hydrogen-bond donors (Lipinski definition) is 2. The lowest BCUT2D eigenvalue weighted by atomic mass is 9.92. The van der Waals surface area contributed by atoms with Crippen molar-refractivity contribution in [1.82, 2.24) is 19.5 Å². The van der Waals surface area contributed by atoms with E-state index in [0.29, 0.717) is 27.5 Å². The van der Waals surface area contributed by atoms with Crippen molar-refractivity contribution < 1.29 is 18.4 Å². The van der Waals surface area contributed by atoms with Crippen LogP contribution in [0.15, 0.2) is 30.6 Å². The monoisotopic (exact) mass is 529 g/mol. The molecule has 36 heavy (non-hydrogen) atoms. The molecule has 0 aliphatic carbocycles. The molecular weight excluding hydrogens is 506 g/mol. The number of anilines is 2. The summed E-state index contributed by atoms with van der Waals surface area (Å²) in [5.74, 6) is -0.757. The molecule has 4 rings (SSSR count). The first-order chi connectivity index (χ1) is 17.0. The predicted molar refractivity (Wildman–Crippen MR) is 136 cm³/mol. The normalized spacial score (nSPS) is 18.3. The molecule has 0 spiro atoms. The van der Waals surface area contributed by atoms with Gasteiger partial charge in [-0.25, -0.2) is 13.7 Å². The minimum Gasteiger partial charge on any atom is -0.382 e. The number of amides is 2. The van der Waals surface area contributed by atoms with Crippen LogP contribution in [0.2, 0.25) is 5.02 Å². The number of nitrogen functional groups attached to an aromatic ring is 1. The summed E-state index contributed by atoms with van der Waals surface area (Å²) in [6, 6.07) is 8.42. The van der Waals surface area contributed by atoms with Crippen LogP contribution in [0, 0.1) is 11.3 Å². The van der Waals surface area contributed by atoms with Gasteiger partial charge in [0.1, 0.15) is 23.5 Å². The van der Waals surface area contributed by atoms with Crippen molar-refractivity contribution >= 4 is 51.5 Å². The summed E-state index contributed by atoms with van der Waals surface area (Å²) in [5, 5.41) is 14.4. The minimum absolute atomic E-state index is 0.154. The Morgan fingerprint density at radius 1 is 1.39 bits per heavy atom. The zero-order chi connectivity index (χ0) is 26.4. The third-order valence-electron chi connectivity index (χ3n) is 6.31. The topological polar surface area (TPSA) is 158 Å². The maximum absolute atomic E-state index is 13.7. The fourth-order valence-corrected chi connectivity index (χ4v) is 5.10. The Kier molecular flexibility index (Phi) is 6.74. The Hall–Kier alpha value is -3.53. The summed E-state index contributed by atoms with van der Waals surface area (Å²) in [4.78, 5) is 33.5. The number of rotatable bonds is 5. The molecule has 1 fully saturated rings. The fraction of sp³-hybridized carbons (Fsp3) is 0.348. The molecule has 11 nitrogen and oxygen atoms in total. The van der Waals surface area contributed by atoms with Crippen molar-refractivity contribution in [3.8, 4) is 17.3 Å². The van der Waals surface area contributed by atoms with Crippen LogP contribution < -0.4 is 10.6 Å². The van der Waals surface area contributed by atoms with Gasteiger partial charge in [-0.05, 0) is 39.0 Å². The van der Waals surface area contributed by atoms with E-state index in [9.17, 15) is 19.1 Å². The number of carbonyl (C=O) groups is 2. The Balaban J connectivity index is 1.77. The predicted octanol–water partition coefficient (Wildman–Crippen LogP) is 2.46. The number of nitrogens with zero attached hydrogens (tertiary/aromatic N) is 6. The van der Waals surface area contributed by atoms with Crippen molar-refractivity contribution in [3.05, 3.63) is 41.2 Å². The molecule has 1 aliphatic rings. The number of aromatic nitrogens is 3. The van der Waals surface area contributed by atoms with Crippen molar-refractivity contribution in [2.45, 2.75) is 38.8 Å². The van der Waals surface area contributed by atoms with Crippen LogP contribution in [0.25, 0.3) is 16.8 Å². The smallest absolute Gasteiger partial charge is 0.252 e. The third kappa shape index (κ3) is 4.30. The second-order valence-electron chi connectivity index (χ2n) is 8.99. The molecule has 3 aromatic rings. The highest BCUT2D eigenvalue weighted by Gasteiger charge is 2.47. The number of benzene rings is 1. The van der Waals surface area contributed by atoms with E-state index in [1.165, 1.54) is 16.1 Å². The Morgan fingerprint density at radius 2 is 2.11 bits per heavy atom. The lowest BCUT2D eigenvalue weighted by Gasteiger charge is -2.49. The van der Waals surface area contributed by atoms with Crippen LogP contribution >= 0.6 is 11.6 Å². The summed E-state index contributed by atoms with van der Waals surface area (Å²) in [6.07, 6.45) is 1.15. The summed E-state index contributed by atoms with van der Waals surface area (Å²) in [7, 11) is 0. The zero-order valence-corrected chi connectivity index (χ0v) is 21.4. The SMILES string of the molecule is C[C@H]1CN(C(=O)CCS(=O)O)C(C)(C)C(=O)N1c1cc(-c2cc(Cl)c3c(N)ncnn23)ccc1C#N. The molecular formula is C23H24ClN7O4S. The second kappa shape index (κ2) is 9.50. The number of nitriles is 1. The minimum atomic E-state index is -2.11. The summed E-state index contributed by atoms with van der Waals surface area (Å²) >= 11 is 4.27. The average Bonchev–Trinajstić information content (AvgIpc) is 3.17. The van der Waals surface area contributed by atoms with Gasteiger partial charge in [-0.15, -0.1) is 0 Å². The molecule has 13 heteroatoms. The van der Waals surface area contributed by atoms with Crippen LogP contribution in [0.5, 0.6) is 0 Å². The second-order valence-corrected chi connectivity index (χ2v) is 10.4. The molecule has 1 unspecified atom stereocenters. The van der Waals surface area contributed by atoms with E-state index in [-0.39, 0.29) is 41.9 Å². The van der Waals surface area contributed by atoms with E-state index in [1.807, 2.05) is 0 Å².